The standard InChI is InChI=1S/C11H13BrN2O4S/c12-7-4-8(19-6-7)5-13-11(18)14-9(15)2-1-3-10(16)17/h4,6H,1-3,5H2,(H,16,17)(H2,13,14,15,18). The number of amides is 3. The molecule has 0 saturated carbocycles. The van der Waals surface area contributed by atoms with E-state index in [1.165, 1.54) is 11.3 Å². The summed E-state index contributed by atoms with van der Waals surface area (Å²) < 4.78 is 0.944. The Balaban J connectivity index is 2.19. The first-order chi connectivity index (χ1) is 8.97. The number of aliphatic carboxylic acids is 1. The molecular weight excluding hydrogens is 336 g/mol. The average molecular weight is 349 g/mol. The van der Waals surface area contributed by atoms with Crippen LogP contribution in [0.2, 0.25) is 0 Å². The van der Waals surface area contributed by atoms with Gasteiger partial charge in [0.05, 0.1) is 6.54 Å². The van der Waals surface area contributed by atoms with Gasteiger partial charge in [-0.2, -0.15) is 0 Å². The summed E-state index contributed by atoms with van der Waals surface area (Å²) in [7, 11) is 0. The lowest BCUT2D eigenvalue weighted by atomic mass is 10.2. The summed E-state index contributed by atoms with van der Waals surface area (Å²) in [5.41, 5.74) is 0. The van der Waals surface area contributed by atoms with Gasteiger partial charge in [0.15, 0.2) is 0 Å². The first-order valence-corrected chi connectivity index (χ1v) is 7.17. The van der Waals surface area contributed by atoms with Gasteiger partial charge in [-0.3, -0.25) is 14.9 Å². The second-order valence-corrected chi connectivity index (χ2v) is 5.62. The maximum absolute atomic E-state index is 11.4. The van der Waals surface area contributed by atoms with Crippen molar-refractivity contribution >= 4 is 45.2 Å². The molecule has 0 radical (unpaired) electrons. The molecule has 19 heavy (non-hydrogen) atoms. The molecule has 1 heterocycles. The van der Waals surface area contributed by atoms with Crippen LogP contribution in [0, 0.1) is 0 Å². The minimum Gasteiger partial charge on any atom is -0.481 e. The van der Waals surface area contributed by atoms with E-state index < -0.39 is 17.9 Å². The van der Waals surface area contributed by atoms with Crippen molar-refractivity contribution in [2.24, 2.45) is 0 Å². The molecule has 0 unspecified atom stereocenters. The molecule has 104 valence electrons. The van der Waals surface area contributed by atoms with Gasteiger partial charge >= 0.3 is 12.0 Å². The molecule has 8 heteroatoms. The van der Waals surface area contributed by atoms with Crippen LogP contribution in [0.1, 0.15) is 24.1 Å². The lowest BCUT2D eigenvalue weighted by Crippen LogP contribution is -2.38. The van der Waals surface area contributed by atoms with E-state index >= 15 is 0 Å². The highest BCUT2D eigenvalue weighted by molar-refractivity contribution is 9.10. The smallest absolute Gasteiger partial charge is 0.321 e. The lowest BCUT2D eigenvalue weighted by molar-refractivity contribution is -0.137. The van der Waals surface area contributed by atoms with Crippen LogP contribution in [0.3, 0.4) is 0 Å². The van der Waals surface area contributed by atoms with Crippen molar-refractivity contribution in [1.82, 2.24) is 10.6 Å². The summed E-state index contributed by atoms with van der Waals surface area (Å²) >= 11 is 4.79. The van der Waals surface area contributed by atoms with Crippen LogP contribution in [0.5, 0.6) is 0 Å². The predicted octanol–water partition coefficient (Wildman–Crippen LogP) is 2.09. The summed E-state index contributed by atoms with van der Waals surface area (Å²) in [6.07, 6.45) is 0.148. The molecule has 3 N–H and O–H groups in total. The number of carbonyl (C=O) groups excluding carboxylic acids is 2. The van der Waals surface area contributed by atoms with Crippen molar-refractivity contribution in [3.05, 3.63) is 20.8 Å². The van der Waals surface area contributed by atoms with Gasteiger partial charge in [0.25, 0.3) is 0 Å². The number of carboxylic acids is 1. The lowest BCUT2D eigenvalue weighted by Gasteiger charge is -2.05. The molecule has 0 fully saturated rings. The van der Waals surface area contributed by atoms with Gasteiger partial charge in [0, 0.05) is 27.6 Å². The van der Waals surface area contributed by atoms with E-state index in [0.29, 0.717) is 6.54 Å². The van der Waals surface area contributed by atoms with Gasteiger partial charge in [-0.15, -0.1) is 11.3 Å². The molecule has 0 bridgehead atoms. The average Bonchev–Trinajstić information content (AvgIpc) is 2.72. The third-order valence-corrected chi connectivity index (χ3v) is 3.79. The van der Waals surface area contributed by atoms with Gasteiger partial charge in [0.1, 0.15) is 0 Å². The quantitative estimate of drug-likeness (QED) is 0.733. The summed E-state index contributed by atoms with van der Waals surface area (Å²) in [5.74, 6) is -1.44. The van der Waals surface area contributed by atoms with Crippen LogP contribution in [-0.4, -0.2) is 23.0 Å². The molecule has 0 aliphatic carbocycles. The Bertz CT molecular complexity index is 475. The summed E-state index contributed by atoms with van der Waals surface area (Å²) in [6.45, 7) is 0.338. The number of halogens is 1. The van der Waals surface area contributed by atoms with Crippen LogP contribution in [-0.2, 0) is 16.1 Å². The van der Waals surface area contributed by atoms with Gasteiger partial charge < -0.3 is 10.4 Å². The molecule has 3 amide bonds. The van der Waals surface area contributed by atoms with Crippen LogP contribution in [0.25, 0.3) is 0 Å². The highest BCUT2D eigenvalue weighted by atomic mass is 79.9. The normalized spacial score (nSPS) is 9.95. The maximum atomic E-state index is 11.4. The number of hydrogen-bond acceptors (Lipinski definition) is 4. The molecule has 1 aromatic rings. The van der Waals surface area contributed by atoms with Crippen LogP contribution >= 0.6 is 27.3 Å². The maximum Gasteiger partial charge on any atom is 0.321 e. The van der Waals surface area contributed by atoms with Crippen molar-refractivity contribution in [2.45, 2.75) is 25.8 Å². The van der Waals surface area contributed by atoms with Crippen LogP contribution in [0.4, 0.5) is 4.79 Å². The van der Waals surface area contributed by atoms with Crippen molar-refractivity contribution in [1.29, 1.82) is 0 Å². The zero-order chi connectivity index (χ0) is 14.3. The number of nitrogens with one attached hydrogen (secondary N) is 2. The Kier molecular flexibility index (Phi) is 6.51. The Labute approximate surface area is 122 Å². The van der Waals surface area contributed by atoms with Gasteiger partial charge in [0.2, 0.25) is 5.91 Å². The van der Waals surface area contributed by atoms with Crippen molar-refractivity contribution in [3.8, 4) is 0 Å². The van der Waals surface area contributed by atoms with Crippen LogP contribution < -0.4 is 10.6 Å². The minimum atomic E-state index is -0.958. The molecular formula is C11H13BrN2O4S. The highest BCUT2D eigenvalue weighted by Gasteiger charge is 2.08. The van der Waals surface area contributed by atoms with E-state index in [2.05, 4.69) is 26.6 Å². The Morgan fingerprint density at radius 2 is 2.05 bits per heavy atom. The number of carboxylic acid groups (broad SMARTS) is 1. The SMILES string of the molecule is O=C(O)CCCC(=O)NC(=O)NCc1cc(Br)cs1. The first-order valence-electron chi connectivity index (χ1n) is 5.50. The Morgan fingerprint density at radius 1 is 1.32 bits per heavy atom. The van der Waals surface area contributed by atoms with Gasteiger partial charge in [-0.25, -0.2) is 4.79 Å². The van der Waals surface area contributed by atoms with Gasteiger partial charge in [-0.05, 0) is 28.4 Å². The van der Waals surface area contributed by atoms with E-state index in [4.69, 9.17) is 5.11 Å². The fraction of sp³-hybridized carbons (Fsp3) is 0.364. The van der Waals surface area contributed by atoms with Gasteiger partial charge in [-0.1, -0.05) is 0 Å². The molecule has 6 nitrogen and oxygen atoms in total. The van der Waals surface area contributed by atoms with E-state index in [0.717, 1.165) is 9.35 Å². The van der Waals surface area contributed by atoms with Crippen molar-refractivity contribution in [3.63, 3.8) is 0 Å². The third-order valence-electron chi connectivity index (χ3n) is 2.09. The van der Waals surface area contributed by atoms with E-state index in [1.807, 2.05) is 11.4 Å². The molecule has 0 atom stereocenters. The van der Waals surface area contributed by atoms with Crippen molar-refractivity contribution in [2.75, 3.05) is 0 Å². The summed E-state index contributed by atoms with van der Waals surface area (Å²) in [4.78, 5) is 33.9. The number of carbonyl (C=O) groups is 3. The number of urea groups is 1. The number of thiophene rings is 1. The first kappa shape index (κ1) is 15.6. The second-order valence-electron chi connectivity index (χ2n) is 3.71. The third kappa shape index (κ3) is 6.92. The topological polar surface area (TPSA) is 95.5 Å². The molecule has 0 spiro atoms. The molecule has 1 rings (SSSR count). The second kappa shape index (κ2) is 7.90. The Morgan fingerprint density at radius 3 is 2.63 bits per heavy atom. The van der Waals surface area contributed by atoms with E-state index in [-0.39, 0.29) is 19.3 Å². The largest absolute Gasteiger partial charge is 0.481 e. The fourth-order valence-corrected chi connectivity index (χ4v) is 2.64. The molecule has 0 aliphatic heterocycles. The molecule has 1 aromatic heterocycles. The summed E-state index contributed by atoms with van der Waals surface area (Å²) in [6, 6.07) is 1.30. The molecule has 0 aliphatic rings. The molecule has 0 aromatic carbocycles. The minimum absolute atomic E-state index is 0.0181. The van der Waals surface area contributed by atoms with E-state index in [9.17, 15) is 14.4 Å². The highest BCUT2D eigenvalue weighted by Crippen LogP contribution is 2.19. The number of rotatable bonds is 6. The fourth-order valence-electron chi connectivity index (χ4n) is 1.25. The predicted molar refractivity (Wildman–Crippen MR) is 73.9 cm³/mol. The Hall–Kier alpha value is -1.41. The zero-order valence-electron chi connectivity index (χ0n) is 9.94. The van der Waals surface area contributed by atoms with Crippen LogP contribution in [0.15, 0.2) is 15.9 Å². The number of imide groups is 1. The number of hydrogen-bond donors (Lipinski definition) is 3. The summed E-state index contributed by atoms with van der Waals surface area (Å²) in [5, 5.41) is 15.0. The molecule has 0 saturated heterocycles. The zero-order valence-corrected chi connectivity index (χ0v) is 12.3. The van der Waals surface area contributed by atoms with E-state index in [1.54, 1.807) is 0 Å². The van der Waals surface area contributed by atoms with Crippen molar-refractivity contribution < 1.29 is 19.5 Å². The monoisotopic (exact) mass is 348 g/mol.